The Hall–Kier alpha value is -2.06. The van der Waals surface area contributed by atoms with Gasteiger partial charge in [-0.15, -0.1) is 10.2 Å². The number of nitrogens with one attached hydrogen (secondary N) is 1. The Morgan fingerprint density at radius 2 is 2.06 bits per heavy atom. The Kier molecular flexibility index (Phi) is 5.93. The monoisotopic (exact) mass is 487 g/mol. The molecule has 176 valence electrons. The van der Waals surface area contributed by atoms with E-state index in [1.807, 2.05) is 18.2 Å². The van der Waals surface area contributed by atoms with Crippen LogP contribution in [0.4, 0.5) is 0 Å². The number of benzene rings is 1. The van der Waals surface area contributed by atoms with Gasteiger partial charge >= 0.3 is 0 Å². The molecule has 33 heavy (non-hydrogen) atoms. The third-order valence-corrected chi connectivity index (χ3v) is 9.26. The molecule has 9 heteroatoms. The largest absolute Gasteiger partial charge is 0.484 e. The van der Waals surface area contributed by atoms with Gasteiger partial charge in [-0.3, -0.25) is 9.36 Å². The van der Waals surface area contributed by atoms with Crippen LogP contribution in [0.3, 0.4) is 0 Å². The Morgan fingerprint density at radius 1 is 1.27 bits per heavy atom. The molecule has 2 atom stereocenters. The first-order valence-electron chi connectivity index (χ1n) is 11.6. The number of thioether (sulfide) groups is 1. The number of aromatic nitrogens is 3. The maximum atomic E-state index is 12.6. The minimum Gasteiger partial charge on any atom is -0.484 e. The zero-order valence-electron chi connectivity index (χ0n) is 19.3. The van der Waals surface area contributed by atoms with Gasteiger partial charge in [0.25, 0.3) is 5.91 Å². The minimum absolute atomic E-state index is 0.0841. The van der Waals surface area contributed by atoms with Crippen molar-refractivity contribution in [2.45, 2.75) is 70.7 Å². The molecule has 1 N–H and O–H groups in total. The van der Waals surface area contributed by atoms with E-state index in [0.29, 0.717) is 22.7 Å². The molecular formula is C24H30ClN5O2S. The quantitative estimate of drug-likeness (QED) is 0.406. The molecule has 1 aromatic carbocycles. The van der Waals surface area contributed by atoms with Crippen molar-refractivity contribution in [2.75, 3.05) is 5.75 Å². The third-order valence-electron chi connectivity index (χ3n) is 8.00. The fourth-order valence-electron chi connectivity index (χ4n) is 5.30. The minimum atomic E-state index is -0.115. The SMILES string of the molecule is CC12CCC(C/C1=N/NC(=O)CSc1nnc(COc3ccccc3Cl)n1C1CC1)C2(C)C. The van der Waals surface area contributed by atoms with E-state index in [1.54, 1.807) is 6.07 Å². The lowest BCUT2D eigenvalue weighted by Gasteiger charge is -2.34. The number of carbonyl (C=O) groups excluding carboxylic acids is 1. The molecular weight excluding hydrogens is 458 g/mol. The van der Waals surface area contributed by atoms with Crippen LogP contribution in [0.5, 0.6) is 5.75 Å². The Labute approximate surface area is 203 Å². The first kappa shape index (κ1) is 22.7. The van der Waals surface area contributed by atoms with Crippen LogP contribution in [0, 0.1) is 16.7 Å². The van der Waals surface area contributed by atoms with E-state index in [1.165, 1.54) is 18.2 Å². The van der Waals surface area contributed by atoms with E-state index >= 15 is 0 Å². The van der Waals surface area contributed by atoms with Crippen LogP contribution in [0.2, 0.25) is 5.02 Å². The smallest absolute Gasteiger partial charge is 0.250 e. The highest BCUT2D eigenvalue weighted by molar-refractivity contribution is 7.99. The third kappa shape index (κ3) is 4.16. The molecule has 3 aliphatic carbocycles. The summed E-state index contributed by atoms with van der Waals surface area (Å²) in [6.45, 7) is 7.25. The van der Waals surface area contributed by atoms with Gasteiger partial charge in [-0.1, -0.05) is 56.3 Å². The normalized spacial score (nSPS) is 26.7. The van der Waals surface area contributed by atoms with Crippen molar-refractivity contribution in [3.8, 4) is 5.75 Å². The topological polar surface area (TPSA) is 81.4 Å². The molecule has 5 rings (SSSR count). The maximum absolute atomic E-state index is 12.6. The van der Waals surface area contributed by atoms with Gasteiger partial charge in [0.1, 0.15) is 12.4 Å². The fourth-order valence-corrected chi connectivity index (χ4v) is 6.30. The summed E-state index contributed by atoms with van der Waals surface area (Å²) in [6.07, 6.45) is 5.56. The Balaban J connectivity index is 1.20. The summed E-state index contributed by atoms with van der Waals surface area (Å²) in [4.78, 5) is 12.6. The molecule has 7 nitrogen and oxygen atoms in total. The molecule has 3 saturated carbocycles. The van der Waals surface area contributed by atoms with E-state index in [2.05, 4.69) is 46.1 Å². The molecule has 3 fully saturated rings. The number of para-hydroxylation sites is 1. The summed E-state index contributed by atoms with van der Waals surface area (Å²) in [6, 6.07) is 7.74. The molecule has 0 spiro atoms. The molecule has 0 radical (unpaired) electrons. The number of hydrogen-bond acceptors (Lipinski definition) is 6. The van der Waals surface area contributed by atoms with Crippen LogP contribution in [0.25, 0.3) is 0 Å². The predicted molar refractivity (Wildman–Crippen MR) is 130 cm³/mol. The van der Waals surface area contributed by atoms with Crippen LogP contribution in [-0.2, 0) is 11.4 Å². The zero-order chi connectivity index (χ0) is 23.2. The van der Waals surface area contributed by atoms with Crippen LogP contribution in [-0.4, -0.2) is 32.1 Å². The van der Waals surface area contributed by atoms with Crippen LogP contribution < -0.4 is 10.2 Å². The van der Waals surface area contributed by atoms with Gasteiger partial charge in [-0.05, 0) is 55.6 Å². The van der Waals surface area contributed by atoms with Crippen LogP contribution >= 0.6 is 23.4 Å². The highest BCUT2D eigenvalue weighted by Crippen LogP contribution is 2.63. The number of carbonyl (C=O) groups is 1. The van der Waals surface area contributed by atoms with Gasteiger partial charge < -0.3 is 4.74 Å². The second kappa shape index (κ2) is 8.62. The molecule has 0 aliphatic heterocycles. The summed E-state index contributed by atoms with van der Waals surface area (Å²) in [5.41, 5.74) is 4.27. The van der Waals surface area contributed by atoms with Gasteiger partial charge in [0.15, 0.2) is 11.0 Å². The van der Waals surface area contributed by atoms with Crippen LogP contribution in [0.1, 0.15) is 64.7 Å². The molecule has 2 unspecified atom stereocenters. The molecule has 1 heterocycles. The molecule has 1 amide bonds. The molecule has 0 saturated heterocycles. The Morgan fingerprint density at radius 3 is 2.73 bits per heavy atom. The van der Waals surface area contributed by atoms with E-state index in [0.717, 1.165) is 42.4 Å². The lowest BCUT2D eigenvalue weighted by atomic mass is 9.70. The molecule has 1 aromatic heterocycles. The lowest BCUT2D eigenvalue weighted by Crippen LogP contribution is -2.34. The van der Waals surface area contributed by atoms with Crippen molar-refractivity contribution >= 4 is 35.0 Å². The number of halogens is 1. The predicted octanol–water partition coefficient (Wildman–Crippen LogP) is 5.26. The highest BCUT2D eigenvalue weighted by atomic mass is 35.5. The second-order valence-corrected chi connectivity index (χ2v) is 11.4. The summed E-state index contributed by atoms with van der Waals surface area (Å²) >= 11 is 7.58. The Bertz CT molecular complexity index is 1100. The zero-order valence-corrected chi connectivity index (χ0v) is 20.9. The molecule has 2 aromatic rings. The van der Waals surface area contributed by atoms with Gasteiger partial charge in [-0.2, -0.15) is 5.10 Å². The number of amides is 1. The standard InChI is InChI=1S/C24H30ClN5O2S/c1-23(2)15-10-11-24(23,3)19(12-15)26-28-21(31)14-33-22-29-27-20(30(22)16-8-9-16)13-32-18-7-5-4-6-17(18)25/h4-7,15-16H,8-14H2,1-3H3,(H,28,31)/b26-19-. The van der Waals surface area contributed by atoms with E-state index in [-0.39, 0.29) is 29.1 Å². The number of fused-ring (bicyclic) bond motifs is 2. The van der Waals surface area contributed by atoms with E-state index < -0.39 is 0 Å². The summed E-state index contributed by atoms with van der Waals surface area (Å²) in [7, 11) is 0. The second-order valence-electron chi connectivity index (χ2n) is 10.1. The lowest BCUT2D eigenvalue weighted by molar-refractivity contribution is -0.118. The maximum Gasteiger partial charge on any atom is 0.250 e. The molecule has 3 aliphatic rings. The number of hydrazone groups is 1. The average molecular weight is 488 g/mol. The number of rotatable bonds is 8. The van der Waals surface area contributed by atoms with Crippen molar-refractivity contribution in [3.63, 3.8) is 0 Å². The van der Waals surface area contributed by atoms with Crippen molar-refractivity contribution in [2.24, 2.45) is 21.8 Å². The number of hydrogen-bond donors (Lipinski definition) is 1. The van der Waals surface area contributed by atoms with Crippen molar-refractivity contribution < 1.29 is 9.53 Å². The molecule has 2 bridgehead atoms. The van der Waals surface area contributed by atoms with Crippen molar-refractivity contribution in [1.82, 2.24) is 20.2 Å². The van der Waals surface area contributed by atoms with E-state index in [9.17, 15) is 4.79 Å². The van der Waals surface area contributed by atoms with Gasteiger partial charge in [0.2, 0.25) is 0 Å². The van der Waals surface area contributed by atoms with E-state index in [4.69, 9.17) is 16.3 Å². The highest BCUT2D eigenvalue weighted by Gasteiger charge is 2.60. The number of ether oxygens (including phenoxy) is 1. The summed E-state index contributed by atoms with van der Waals surface area (Å²) < 4.78 is 7.96. The number of nitrogens with zero attached hydrogens (tertiary/aromatic N) is 4. The van der Waals surface area contributed by atoms with Gasteiger partial charge in [0.05, 0.1) is 10.8 Å². The first-order valence-corrected chi connectivity index (χ1v) is 13.0. The first-order chi connectivity index (χ1) is 15.8. The van der Waals surface area contributed by atoms with Gasteiger partial charge in [-0.25, -0.2) is 5.43 Å². The van der Waals surface area contributed by atoms with Crippen molar-refractivity contribution in [3.05, 3.63) is 35.1 Å². The average Bonchev–Trinajstić information content (AvgIpc) is 3.47. The van der Waals surface area contributed by atoms with Crippen molar-refractivity contribution in [1.29, 1.82) is 0 Å². The summed E-state index contributed by atoms with van der Waals surface area (Å²) in [5.74, 6) is 2.16. The van der Waals surface area contributed by atoms with Gasteiger partial charge in [0, 0.05) is 17.2 Å². The summed E-state index contributed by atoms with van der Waals surface area (Å²) in [5, 5.41) is 14.5. The van der Waals surface area contributed by atoms with Crippen LogP contribution in [0.15, 0.2) is 34.5 Å². The fraction of sp³-hybridized carbons (Fsp3) is 0.583.